The molecule has 9 heteroatoms. The summed E-state index contributed by atoms with van der Waals surface area (Å²) < 4.78 is 33.0. The molecule has 0 aliphatic carbocycles. The van der Waals surface area contributed by atoms with Crippen LogP contribution in [0.4, 0.5) is 0 Å². The van der Waals surface area contributed by atoms with E-state index in [-0.39, 0.29) is 17.3 Å². The summed E-state index contributed by atoms with van der Waals surface area (Å²) in [6, 6.07) is 7.50. The van der Waals surface area contributed by atoms with Crippen LogP contribution in [-0.2, 0) is 21.2 Å². The van der Waals surface area contributed by atoms with Crippen LogP contribution in [0.3, 0.4) is 0 Å². The zero-order valence-corrected chi connectivity index (χ0v) is 18.0. The number of benzene rings is 1. The normalized spacial score (nSPS) is 15.9. The van der Waals surface area contributed by atoms with Gasteiger partial charge in [0.1, 0.15) is 10.6 Å². The SMILES string of the molecule is CCOc1ccc(CC(=O)N2CCCN(S(=O)(=O)c3c(C)n[nH]c3C)CC2)cc1. The number of amides is 1. The van der Waals surface area contributed by atoms with Crippen LogP contribution in [0.2, 0.25) is 0 Å². The molecule has 2 heterocycles. The second kappa shape index (κ2) is 8.96. The molecule has 158 valence electrons. The zero-order chi connectivity index (χ0) is 21.0. The quantitative estimate of drug-likeness (QED) is 0.770. The van der Waals surface area contributed by atoms with E-state index in [9.17, 15) is 13.2 Å². The lowest BCUT2D eigenvalue weighted by Crippen LogP contribution is -2.38. The van der Waals surface area contributed by atoms with E-state index in [1.165, 1.54) is 4.31 Å². The van der Waals surface area contributed by atoms with E-state index in [0.29, 0.717) is 50.5 Å². The highest BCUT2D eigenvalue weighted by Gasteiger charge is 2.31. The van der Waals surface area contributed by atoms with Crippen molar-refractivity contribution in [3.63, 3.8) is 0 Å². The molecule has 1 fully saturated rings. The lowest BCUT2D eigenvalue weighted by Gasteiger charge is -2.22. The maximum absolute atomic E-state index is 13.0. The molecule has 3 rings (SSSR count). The number of ether oxygens (including phenoxy) is 1. The van der Waals surface area contributed by atoms with Crippen molar-refractivity contribution >= 4 is 15.9 Å². The second-order valence-corrected chi connectivity index (χ2v) is 9.03. The van der Waals surface area contributed by atoms with E-state index in [1.54, 1.807) is 18.7 Å². The first-order valence-corrected chi connectivity index (χ1v) is 11.3. The van der Waals surface area contributed by atoms with Crippen LogP contribution >= 0.6 is 0 Å². The third-order valence-corrected chi connectivity index (χ3v) is 7.22. The first kappa shape index (κ1) is 21.3. The summed E-state index contributed by atoms with van der Waals surface area (Å²) in [4.78, 5) is 14.7. The maximum atomic E-state index is 13.0. The fourth-order valence-electron chi connectivity index (χ4n) is 3.59. The Hall–Kier alpha value is -2.39. The van der Waals surface area contributed by atoms with Crippen LogP contribution in [0.25, 0.3) is 0 Å². The van der Waals surface area contributed by atoms with Gasteiger partial charge in [0.15, 0.2) is 0 Å². The third kappa shape index (κ3) is 4.79. The van der Waals surface area contributed by atoms with Crippen molar-refractivity contribution in [3.8, 4) is 5.75 Å². The van der Waals surface area contributed by atoms with E-state index in [1.807, 2.05) is 31.2 Å². The van der Waals surface area contributed by atoms with E-state index in [4.69, 9.17) is 4.74 Å². The molecule has 1 aromatic heterocycles. The number of rotatable bonds is 6. The predicted octanol–water partition coefficient (Wildman–Crippen LogP) is 1.89. The molecule has 8 nitrogen and oxygen atoms in total. The largest absolute Gasteiger partial charge is 0.494 e. The number of hydrogen-bond donors (Lipinski definition) is 1. The first-order chi connectivity index (χ1) is 13.8. The minimum atomic E-state index is -3.63. The molecule has 1 aromatic carbocycles. The molecule has 0 bridgehead atoms. The predicted molar refractivity (Wildman–Crippen MR) is 109 cm³/mol. The number of aromatic nitrogens is 2. The number of sulfonamides is 1. The summed E-state index contributed by atoms with van der Waals surface area (Å²) in [5.74, 6) is 0.785. The van der Waals surface area contributed by atoms with E-state index in [2.05, 4.69) is 10.2 Å². The molecular formula is C20H28N4O4S. The second-order valence-electron chi connectivity index (χ2n) is 7.16. The van der Waals surface area contributed by atoms with Crippen molar-refractivity contribution in [2.24, 2.45) is 0 Å². The minimum Gasteiger partial charge on any atom is -0.494 e. The molecule has 29 heavy (non-hydrogen) atoms. The topological polar surface area (TPSA) is 95.6 Å². The number of aryl methyl sites for hydroxylation is 2. The van der Waals surface area contributed by atoms with Crippen LogP contribution < -0.4 is 4.74 Å². The van der Waals surface area contributed by atoms with E-state index < -0.39 is 10.0 Å². The van der Waals surface area contributed by atoms with Gasteiger partial charge in [0, 0.05) is 26.2 Å². The highest BCUT2D eigenvalue weighted by atomic mass is 32.2. The highest BCUT2D eigenvalue weighted by Crippen LogP contribution is 2.23. The van der Waals surface area contributed by atoms with Gasteiger partial charge in [0.2, 0.25) is 15.9 Å². The van der Waals surface area contributed by atoms with Crippen molar-refractivity contribution < 1.29 is 17.9 Å². The number of aromatic amines is 1. The third-order valence-electron chi connectivity index (χ3n) is 5.06. The van der Waals surface area contributed by atoms with Crippen LogP contribution in [0.15, 0.2) is 29.2 Å². The number of nitrogens with zero attached hydrogens (tertiary/aromatic N) is 3. The number of carbonyl (C=O) groups excluding carboxylic acids is 1. The summed E-state index contributed by atoms with van der Waals surface area (Å²) in [6.45, 7) is 7.51. The van der Waals surface area contributed by atoms with Gasteiger partial charge in [0.05, 0.1) is 24.4 Å². The minimum absolute atomic E-state index is 0.00378. The molecule has 2 aromatic rings. The van der Waals surface area contributed by atoms with Crippen LogP contribution in [0, 0.1) is 13.8 Å². The Morgan fingerprint density at radius 3 is 2.48 bits per heavy atom. The van der Waals surface area contributed by atoms with Gasteiger partial charge < -0.3 is 9.64 Å². The smallest absolute Gasteiger partial charge is 0.246 e. The Kier molecular flexibility index (Phi) is 6.59. The lowest BCUT2D eigenvalue weighted by atomic mass is 10.1. The van der Waals surface area contributed by atoms with Gasteiger partial charge in [-0.2, -0.15) is 9.40 Å². The number of hydrogen-bond acceptors (Lipinski definition) is 5. The summed E-state index contributed by atoms with van der Waals surface area (Å²) >= 11 is 0. The standard InChI is InChI=1S/C20H28N4O4S/c1-4-28-18-8-6-17(7-9-18)14-19(25)23-10-5-11-24(13-12-23)29(26,27)20-15(2)21-22-16(20)3/h6-9H,4-5,10-14H2,1-3H3,(H,21,22). The van der Waals surface area contributed by atoms with Gasteiger partial charge in [-0.3, -0.25) is 9.89 Å². The van der Waals surface area contributed by atoms with Crippen LogP contribution in [-0.4, -0.2) is 66.5 Å². The maximum Gasteiger partial charge on any atom is 0.246 e. The molecule has 1 aliphatic rings. The molecule has 1 aliphatic heterocycles. The van der Waals surface area contributed by atoms with E-state index >= 15 is 0 Å². The molecular weight excluding hydrogens is 392 g/mol. The van der Waals surface area contributed by atoms with Crippen molar-refractivity contribution in [1.29, 1.82) is 0 Å². The molecule has 0 radical (unpaired) electrons. The fraction of sp³-hybridized carbons (Fsp3) is 0.500. The monoisotopic (exact) mass is 420 g/mol. The summed E-state index contributed by atoms with van der Waals surface area (Å²) in [5, 5.41) is 6.74. The van der Waals surface area contributed by atoms with Crippen molar-refractivity contribution in [3.05, 3.63) is 41.2 Å². The molecule has 1 amide bonds. The summed E-state index contributed by atoms with van der Waals surface area (Å²) in [7, 11) is -3.63. The van der Waals surface area contributed by atoms with Crippen molar-refractivity contribution in [1.82, 2.24) is 19.4 Å². The van der Waals surface area contributed by atoms with Crippen molar-refractivity contribution in [2.45, 2.75) is 38.5 Å². The Labute approximate surface area is 171 Å². The Balaban J connectivity index is 1.64. The lowest BCUT2D eigenvalue weighted by molar-refractivity contribution is -0.130. The number of nitrogens with one attached hydrogen (secondary N) is 1. The Morgan fingerprint density at radius 2 is 1.86 bits per heavy atom. The van der Waals surface area contributed by atoms with Gasteiger partial charge in [0.25, 0.3) is 0 Å². The van der Waals surface area contributed by atoms with Gasteiger partial charge >= 0.3 is 0 Å². The zero-order valence-electron chi connectivity index (χ0n) is 17.1. The van der Waals surface area contributed by atoms with Crippen molar-refractivity contribution in [2.75, 3.05) is 32.8 Å². The molecule has 0 unspecified atom stereocenters. The van der Waals surface area contributed by atoms with Gasteiger partial charge in [-0.15, -0.1) is 0 Å². The summed E-state index contributed by atoms with van der Waals surface area (Å²) in [6.07, 6.45) is 0.892. The van der Waals surface area contributed by atoms with E-state index in [0.717, 1.165) is 11.3 Å². The molecule has 1 N–H and O–H groups in total. The molecule has 0 spiro atoms. The number of carbonyl (C=O) groups is 1. The van der Waals surface area contributed by atoms with Crippen LogP contribution in [0.1, 0.15) is 30.3 Å². The van der Waals surface area contributed by atoms with Gasteiger partial charge in [-0.1, -0.05) is 12.1 Å². The Bertz CT molecular complexity index is 934. The average Bonchev–Trinajstić information content (AvgIpc) is 2.88. The fourth-order valence-corrected chi connectivity index (χ4v) is 5.39. The summed E-state index contributed by atoms with van der Waals surface area (Å²) in [5.41, 5.74) is 1.92. The highest BCUT2D eigenvalue weighted by molar-refractivity contribution is 7.89. The first-order valence-electron chi connectivity index (χ1n) is 9.84. The number of H-pyrrole nitrogens is 1. The average molecular weight is 421 g/mol. The van der Waals surface area contributed by atoms with Crippen LogP contribution in [0.5, 0.6) is 5.75 Å². The Morgan fingerprint density at radius 1 is 1.14 bits per heavy atom. The van der Waals surface area contributed by atoms with Gasteiger partial charge in [-0.05, 0) is 44.9 Å². The van der Waals surface area contributed by atoms with Gasteiger partial charge in [-0.25, -0.2) is 8.42 Å². The molecule has 0 atom stereocenters. The molecule has 0 saturated carbocycles. The molecule has 1 saturated heterocycles.